The van der Waals surface area contributed by atoms with Crippen LogP contribution in [0.25, 0.3) is 0 Å². The largest absolute Gasteiger partial charge is 0.316 e. The molecule has 2 aliphatic heterocycles. The van der Waals surface area contributed by atoms with Crippen molar-refractivity contribution >= 4 is 5.71 Å². The minimum absolute atomic E-state index is 0.606. The van der Waals surface area contributed by atoms with Gasteiger partial charge in [0.05, 0.1) is 5.71 Å². The molecule has 0 radical (unpaired) electrons. The zero-order valence-corrected chi connectivity index (χ0v) is 5.75. The molecule has 0 spiro atoms. The zero-order valence-electron chi connectivity index (χ0n) is 5.75. The first-order chi connectivity index (χ1) is 4.97. The van der Waals surface area contributed by atoms with Gasteiger partial charge in [0.1, 0.15) is 6.54 Å². The molecule has 1 unspecified atom stereocenters. The van der Waals surface area contributed by atoms with Crippen LogP contribution in [0.1, 0.15) is 6.42 Å². The van der Waals surface area contributed by atoms with Crippen LogP contribution in [0.5, 0.6) is 0 Å². The van der Waals surface area contributed by atoms with Crippen LogP contribution >= 0.6 is 0 Å². The topological polar surface area (TPSA) is 49.1 Å². The highest BCUT2D eigenvalue weighted by molar-refractivity contribution is 5.89. The lowest BCUT2D eigenvalue weighted by atomic mass is 10.0. The minimum atomic E-state index is 0.606. The molecule has 54 valence electrons. The molecule has 4 nitrogen and oxygen atoms in total. The first-order valence-corrected chi connectivity index (χ1v) is 3.61. The van der Waals surface area contributed by atoms with E-state index in [9.17, 15) is 0 Å². The van der Waals surface area contributed by atoms with Crippen molar-refractivity contribution in [3.8, 4) is 0 Å². The third kappa shape index (κ3) is 0.945. The summed E-state index contributed by atoms with van der Waals surface area (Å²) in [7, 11) is 0. The zero-order chi connectivity index (χ0) is 6.81. The van der Waals surface area contributed by atoms with Gasteiger partial charge in [-0.3, -0.25) is 0 Å². The van der Waals surface area contributed by atoms with Crippen LogP contribution in [0.3, 0.4) is 0 Å². The van der Waals surface area contributed by atoms with Crippen molar-refractivity contribution in [2.24, 2.45) is 21.4 Å². The monoisotopic (exact) mass is 138 g/mol. The number of rotatable bonds is 1. The summed E-state index contributed by atoms with van der Waals surface area (Å²) < 4.78 is 0. The highest BCUT2D eigenvalue weighted by atomic mass is 15.4. The second-order valence-corrected chi connectivity index (χ2v) is 2.67. The van der Waals surface area contributed by atoms with E-state index in [4.69, 9.17) is 0 Å². The molecule has 2 heterocycles. The van der Waals surface area contributed by atoms with Gasteiger partial charge in [0.25, 0.3) is 0 Å². The maximum absolute atomic E-state index is 3.95. The molecule has 0 aromatic rings. The Balaban J connectivity index is 1.99. The van der Waals surface area contributed by atoms with Crippen molar-refractivity contribution in [2.45, 2.75) is 6.42 Å². The summed E-state index contributed by atoms with van der Waals surface area (Å²) in [5, 5.41) is 14.6. The molecule has 10 heavy (non-hydrogen) atoms. The highest BCUT2D eigenvalue weighted by Crippen LogP contribution is 2.13. The number of hydrogen-bond donors (Lipinski definition) is 1. The summed E-state index contributed by atoms with van der Waals surface area (Å²) in [6.07, 6.45) is 1.20. The van der Waals surface area contributed by atoms with Gasteiger partial charge in [-0.2, -0.15) is 5.11 Å². The van der Waals surface area contributed by atoms with E-state index >= 15 is 0 Å². The third-order valence-corrected chi connectivity index (χ3v) is 2.00. The Morgan fingerprint density at radius 3 is 3.10 bits per heavy atom. The Labute approximate surface area is 59.4 Å². The van der Waals surface area contributed by atoms with E-state index in [0.29, 0.717) is 5.92 Å². The van der Waals surface area contributed by atoms with Crippen LogP contribution in [0, 0.1) is 5.92 Å². The molecule has 1 N–H and O–H groups in total. The van der Waals surface area contributed by atoms with Crippen molar-refractivity contribution < 1.29 is 0 Å². The van der Waals surface area contributed by atoms with E-state index in [2.05, 4.69) is 20.8 Å². The van der Waals surface area contributed by atoms with Gasteiger partial charge in [0.15, 0.2) is 0 Å². The number of nitrogens with one attached hydrogen (secondary N) is 1. The van der Waals surface area contributed by atoms with Crippen molar-refractivity contribution in [3.63, 3.8) is 0 Å². The Bertz CT molecular complexity index is 178. The Hall–Kier alpha value is -0.770. The molecule has 2 rings (SSSR count). The second kappa shape index (κ2) is 2.46. The van der Waals surface area contributed by atoms with Crippen LogP contribution in [-0.2, 0) is 0 Å². The molecule has 1 fully saturated rings. The molecule has 0 amide bonds. The molecular weight excluding hydrogens is 128 g/mol. The molecule has 4 heteroatoms. The molecule has 0 bridgehead atoms. The maximum Gasteiger partial charge on any atom is 0.103 e. The lowest BCUT2D eigenvalue weighted by Crippen LogP contribution is -2.18. The molecular formula is C6H10N4. The summed E-state index contributed by atoms with van der Waals surface area (Å²) >= 11 is 0. The fourth-order valence-corrected chi connectivity index (χ4v) is 1.37. The summed E-state index contributed by atoms with van der Waals surface area (Å²) in [6, 6.07) is 0. The number of nitrogens with zero attached hydrogens (tertiary/aromatic N) is 3. The van der Waals surface area contributed by atoms with Gasteiger partial charge in [-0.05, 0) is 18.2 Å². The van der Waals surface area contributed by atoms with Crippen LogP contribution in [0.4, 0.5) is 0 Å². The van der Waals surface area contributed by atoms with Crippen molar-refractivity contribution in [1.29, 1.82) is 0 Å². The first kappa shape index (κ1) is 5.97. The molecule has 2 aliphatic rings. The summed E-state index contributed by atoms with van der Waals surface area (Å²) in [5.74, 6) is 0.606. The molecule has 0 aromatic carbocycles. The van der Waals surface area contributed by atoms with Gasteiger partial charge in [0.2, 0.25) is 0 Å². The van der Waals surface area contributed by atoms with Gasteiger partial charge in [0, 0.05) is 12.5 Å². The fraction of sp³-hybridized carbons (Fsp3) is 0.833. The van der Waals surface area contributed by atoms with E-state index < -0.39 is 0 Å². The Morgan fingerprint density at radius 1 is 1.50 bits per heavy atom. The molecule has 0 saturated carbocycles. The third-order valence-electron chi connectivity index (χ3n) is 2.00. The Morgan fingerprint density at radius 2 is 2.50 bits per heavy atom. The SMILES string of the molecule is C1CC(C2=NN=NC2)CN1. The summed E-state index contributed by atoms with van der Waals surface area (Å²) in [5.41, 5.74) is 1.16. The molecule has 1 saturated heterocycles. The van der Waals surface area contributed by atoms with Gasteiger partial charge in [-0.25, -0.2) is 0 Å². The highest BCUT2D eigenvalue weighted by Gasteiger charge is 2.21. The van der Waals surface area contributed by atoms with Crippen LogP contribution < -0.4 is 5.32 Å². The maximum atomic E-state index is 3.95. The van der Waals surface area contributed by atoms with E-state index in [0.717, 1.165) is 25.3 Å². The van der Waals surface area contributed by atoms with Crippen LogP contribution in [0.15, 0.2) is 15.4 Å². The molecule has 0 aromatic heterocycles. The minimum Gasteiger partial charge on any atom is -0.316 e. The summed E-state index contributed by atoms with van der Waals surface area (Å²) in [6.45, 7) is 2.90. The van der Waals surface area contributed by atoms with Gasteiger partial charge in [-0.15, -0.1) is 5.10 Å². The predicted octanol–water partition coefficient (Wildman–Crippen LogP) is 0.418. The smallest absolute Gasteiger partial charge is 0.103 e. The first-order valence-electron chi connectivity index (χ1n) is 3.61. The second-order valence-electron chi connectivity index (χ2n) is 2.67. The van der Waals surface area contributed by atoms with Gasteiger partial charge < -0.3 is 5.32 Å². The average molecular weight is 138 g/mol. The quantitative estimate of drug-likeness (QED) is 0.560. The lowest BCUT2D eigenvalue weighted by Gasteiger charge is -2.03. The van der Waals surface area contributed by atoms with Gasteiger partial charge in [-0.1, -0.05) is 0 Å². The Kier molecular flexibility index (Phi) is 1.47. The standard InChI is InChI=1S/C6H10N4/c1-2-7-3-5(1)6-4-8-10-9-6/h5,7H,1-4H2. The fourth-order valence-electron chi connectivity index (χ4n) is 1.37. The van der Waals surface area contributed by atoms with Crippen molar-refractivity contribution in [2.75, 3.05) is 19.6 Å². The number of hydrogen-bond acceptors (Lipinski definition) is 4. The predicted molar refractivity (Wildman–Crippen MR) is 38.1 cm³/mol. The van der Waals surface area contributed by atoms with Gasteiger partial charge >= 0.3 is 0 Å². The van der Waals surface area contributed by atoms with E-state index in [1.807, 2.05) is 0 Å². The average Bonchev–Trinajstić information content (AvgIpc) is 2.59. The summed E-state index contributed by atoms with van der Waals surface area (Å²) in [4.78, 5) is 0. The molecule has 1 atom stereocenters. The van der Waals surface area contributed by atoms with Crippen LogP contribution in [0.2, 0.25) is 0 Å². The van der Waals surface area contributed by atoms with Crippen molar-refractivity contribution in [3.05, 3.63) is 0 Å². The lowest BCUT2D eigenvalue weighted by molar-refractivity contribution is 0.764. The van der Waals surface area contributed by atoms with Crippen LogP contribution in [-0.4, -0.2) is 25.3 Å². The van der Waals surface area contributed by atoms with E-state index in [1.54, 1.807) is 0 Å². The normalized spacial score (nSPS) is 31.2. The van der Waals surface area contributed by atoms with Crippen molar-refractivity contribution in [1.82, 2.24) is 5.32 Å². The van der Waals surface area contributed by atoms with E-state index in [-0.39, 0.29) is 0 Å². The van der Waals surface area contributed by atoms with E-state index in [1.165, 1.54) is 6.42 Å². The molecule has 0 aliphatic carbocycles.